The van der Waals surface area contributed by atoms with Crippen LogP contribution in [0.1, 0.15) is 26.7 Å². The summed E-state index contributed by atoms with van der Waals surface area (Å²) < 4.78 is 15.6. The fourth-order valence-corrected chi connectivity index (χ4v) is 1.37. The van der Waals surface area contributed by atoms with Gasteiger partial charge >= 0.3 is 0 Å². The number of hydrogen-bond donors (Lipinski definition) is 0. The molecule has 0 rings (SSSR count). The van der Waals surface area contributed by atoms with E-state index in [-0.39, 0.29) is 0 Å². The first-order chi connectivity index (χ1) is 6.04. The molecule has 0 aromatic heterocycles. The number of unbranched alkanes of at least 4 members (excludes halogenated alkanes) is 1. The molecule has 80 valence electrons. The van der Waals surface area contributed by atoms with Crippen molar-refractivity contribution in [2.75, 3.05) is 26.9 Å². The van der Waals surface area contributed by atoms with Crippen LogP contribution in [0.5, 0.6) is 0 Å². The molecule has 0 aliphatic heterocycles. The molecule has 0 heterocycles. The Balaban J connectivity index is 3.21. The summed E-state index contributed by atoms with van der Waals surface area (Å²) in [5.74, 6) is 0. The molecule has 0 bridgehead atoms. The van der Waals surface area contributed by atoms with Gasteiger partial charge in [0.05, 0.1) is 6.61 Å². The standard InChI is InChI=1S/C9H22NO2P/c1-9(2)10(3)7-5-6-8-12-13(4)11/h9,13H,5-8H2,1-4H3. The van der Waals surface area contributed by atoms with Crippen LogP contribution in [0, 0.1) is 0 Å². The molecule has 0 aromatic rings. The van der Waals surface area contributed by atoms with E-state index in [1.807, 2.05) is 0 Å². The van der Waals surface area contributed by atoms with Crippen LogP contribution in [0.15, 0.2) is 0 Å². The summed E-state index contributed by atoms with van der Waals surface area (Å²) in [5.41, 5.74) is 0. The van der Waals surface area contributed by atoms with Gasteiger partial charge in [-0.05, 0) is 40.3 Å². The molecule has 0 aliphatic carbocycles. The van der Waals surface area contributed by atoms with Gasteiger partial charge < -0.3 is 9.42 Å². The molecule has 0 spiro atoms. The van der Waals surface area contributed by atoms with Gasteiger partial charge in [-0.2, -0.15) is 0 Å². The van der Waals surface area contributed by atoms with Crippen molar-refractivity contribution in [1.82, 2.24) is 4.90 Å². The Bertz CT molecular complexity index is 151. The van der Waals surface area contributed by atoms with Gasteiger partial charge in [0.1, 0.15) is 0 Å². The lowest BCUT2D eigenvalue weighted by Gasteiger charge is -2.20. The highest BCUT2D eigenvalue weighted by Gasteiger charge is 2.01. The third-order valence-electron chi connectivity index (χ3n) is 2.09. The van der Waals surface area contributed by atoms with Crippen molar-refractivity contribution in [3.63, 3.8) is 0 Å². The lowest BCUT2D eigenvalue weighted by atomic mass is 10.2. The molecule has 0 saturated carbocycles. The van der Waals surface area contributed by atoms with Crippen molar-refractivity contribution in [3.8, 4) is 0 Å². The van der Waals surface area contributed by atoms with Gasteiger partial charge in [0.25, 0.3) is 0 Å². The van der Waals surface area contributed by atoms with Gasteiger partial charge in [-0.15, -0.1) is 0 Å². The van der Waals surface area contributed by atoms with Crippen LogP contribution in [0.4, 0.5) is 0 Å². The number of hydrogen-bond acceptors (Lipinski definition) is 3. The Labute approximate surface area is 82.3 Å². The summed E-state index contributed by atoms with van der Waals surface area (Å²) in [6, 6.07) is 0.603. The van der Waals surface area contributed by atoms with E-state index in [0.717, 1.165) is 19.4 Å². The second-order valence-electron chi connectivity index (χ2n) is 3.62. The topological polar surface area (TPSA) is 29.5 Å². The molecule has 1 unspecified atom stereocenters. The average molecular weight is 207 g/mol. The zero-order valence-corrected chi connectivity index (χ0v) is 10.2. The van der Waals surface area contributed by atoms with Gasteiger partial charge in [0, 0.05) is 12.7 Å². The highest BCUT2D eigenvalue weighted by Crippen LogP contribution is 2.15. The lowest BCUT2D eigenvalue weighted by molar-refractivity contribution is 0.253. The predicted octanol–water partition coefficient (Wildman–Crippen LogP) is 2.23. The van der Waals surface area contributed by atoms with E-state index >= 15 is 0 Å². The van der Waals surface area contributed by atoms with E-state index in [2.05, 4.69) is 25.8 Å². The lowest BCUT2D eigenvalue weighted by Crippen LogP contribution is -2.27. The smallest absolute Gasteiger partial charge is 0.188 e. The van der Waals surface area contributed by atoms with Crippen molar-refractivity contribution in [1.29, 1.82) is 0 Å². The second kappa shape index (κ2) is 7.54. The quantitative estimate of drug-likeness (QED) is 0.473. The summed E-state index contributed by atoms with van der Waals surface area (Å²) in [7, 11) is 0.404. The Morgan fingerprint density at radius 2 is 2.00 bits per heavy atom. The zero-order chi connectivity index (χ0) is 10.3. The number of rotatable bonds is 7. The molecule has 0 aliphatic rings. The Kier molecular flexibility index (Phi) is 7.63. The van der Waals surface area contributed by atoms with Crippen LogP contribution >= 0.6 is 8.03 Å². The average Bonchev–Trinajstić information content (AvgIpc) is 2.02. The largest absolute Gasteiger partial charge is 0.331 e. The van der Waals surface area contributed by atoms with E-state index in [9.17, 15) is 4.57 Å². The third-order valence-corrected chi connectivity index (χ3v) is 2.70. The third kappa shape index (κ3) is 8.48. The summed E-state index contributed by atoms with van der Waals surface area (Å²) in [6.07, 6.45) is 2.12. The first kappa shape index (κ1) is 13.2. The van der Waals surface area contributed by atoms with Crippen molar-refractivity contribution in [2.45, 2.75) is 32.7 Å². The molecule has 13 heavy (non-hydrogen) atoms. The molecule has 0 saturated heterocycles. The molecule has 0 radical (unpaired) electrons. The van der Waals surface area contributed by atoms with Crippen LogP contribution in [0.3, 0.4) is 0 Å². The summed E-state index contributed by atoms with van der Waals surface area (Å²) in [6.45, 7) is 7.72. The van der Waals surface area contributed by atoms with Crippen LogP contribution in [0.2, 0.25) is 0 Å². The van der Waals surface area contributed by atoms with Gasteiger partial charge in [0.2, 0.25) is 0 Å². The maximum atomic E-state index is 10.6. The monoisotopic (exact) mass is 207 g/mol. The second-order valence-corrected chi connectivity index (χ2v) is 4.89. The van der Waals surface area contributed by atoms with Crippen molar-refractivity contribution >= 4 is 8.03 Å². The highest BCUT2D eigenvalue weighted by molar-refractivity contribution is 7.38. The van der Waals surface area contributed by atoms with Crippen molar-refractivity contribution in [2.24, 2.45) is 0 Å². The van der Waals surface area contributed by atoms with Crippen molar-refractivity contribution < 1.29 is 9.09 Å². The van der Waals surface area contributed by atoms with Crippen LogP contribution in [-0.2, 0) is 9.09 Å². The Hall–Kier alpha value is 0.150. The first-order valence-electron chi connectivity index (χ1n) is 4.87. The normalized spacial score (nSPS) is 14.0. The Morgan fingerprint density at radius 3 is 2.46 bits per heavy atom. The minimum absolute atomic E-state index is 0.603. The van der Waals surface area contributed by atoms with Gasteiger partial charge in [-0.3, -0.25) is 4.57 Å². The highest BCUT2D eigenvalue weighted by atomic mass is 31.1. The van der Waals surface area contributed by atoms with E-state index in [1.54, 1.807) is 6.66 Å². The van der Waals surface area contributed by atoms with Crippen molar-refractivity contribution in [3.05, 3.63) is 0 Å². The molecule has 0 fully saturated rings. The fraction of sp³-hybridized carbons (Fsp3) is 1.00. The molecule has 4 heteroatoms. The summed E-state index contributed by atoms with van der Waals surface area (Å²) in [5, 5.41) is 0. The van der Waals surface area contributed by atoms with Gasteiger partial charge in [-0.1, -0.05) is 0 Å². The molecular weight excluding hydrogens is 185 g/mol. The van der Waals surface area contributed by atoms with Crippen LogP contribution in [-0.4, -0.2) is 37.8 Å². The molecule has 0 N–H and O–H groups in total. The minimum atomic E-state index is -1.71. The maximum Gasteiger partial charge on any atom is 0.188 e. The maximum absolute atomic E-state index is 10.6. The summed E-state index contributed by atoms with van der Waals surface area (Å²) >= 11 is 0. The molecule has 0 aromatic carbocycles. The first-order valence-corrected chi connectivity index (χ1v) is 6.69. The molecular formula is C9H22NO2P. The fourth-order valence-electron chi connectivity index (χ4n) is 0.937. The van der Waals surface area contributed by atoms with E-state index in [1.165, 1.54) is 0 Å². The van der Waals surface area contributed by atoms with E-state index in [4.69, 9.17) is 4.52 Å². The van der Waals surface area contributed by atoms with Crippen LogP contribution < -0.4 is 0 Å². The molecule has 0 amide bonds. The SMILES string of the molecule is CC(C)N(C)CCCCO[PH](C)=O. The molecule has 3 nitrogen and oxygen atoms in total. The van der Waals surface area contributed by atoms with Gasteiger partial charge in [0.15, 0.2) is 8.03 Å². The van der Waals surface area contributed by atoms with Crippen LogP contribution in [0.25, 0.3) is 0 Å². The zero-order valence-electron chi connectivity index (χ0n) is 9.17. The summed E-state index contributed by atoms with van der Waals surface area (Å²) in [4.78, 5) is 2.30. The number of nitrogens with zero attached hydrogens (tertiary/aromatic N) is 1. The predicted molar refractivity (Wildman–Crippen MR) is 57.9 cm³/mol. The Morgan fingerprint density at radius 1 is 1.38 bits per heavy atom. The van der Waals surface area contributed by atoms with E-state index in [0.29, 0.717) is 12.6 Å². The van der Waals surface area contributed by atoms with Gasteiger partial charge in [-0.25, -0.2) is 0 Å². The molecule has 1 atom stereocenters. The van der Waals surface area contributed by atoms with E-state index < -0.39 is 8.03 Å². The minimum Gasteiger partial charge on any atom is -0.331 e.